The van der Waals surface area contributed by atoms with Crippen LogP contribution in [0.25, 0.3) is 0 Å². The maximum absolute atomic E-state index is 11.6. The number of hydrogen-bond acceptors (Lipinski definition) is 8. The predicted molar refractivity (Wildman–Crippen MR) is 75.8 cm³/mol. The Hall–Kier alpha value is -1.15. The molecule has 0 unspecified atom stereocenters. The van der Waals surface area contributed by atoms with E-state index in [1.165, 1.54) is 23.1 Å². The van der Waals surface area contributed by atoms with Crippen molar-refractivity contribution in [2.24, 2.45) is 0 Å². The lowest BCUT2D eigenvalue weighted by Crippen LogP contribution is -2.08. The van der Waals surface area contributed by atoms with E-state index in [0.29, 0.717) is 12.4 Å². The van der Waals surface area contributed by atoms with Crippen molar-refractivity contribution in [3.63, 3.8) is 0 Å². The van der Waals surface area contributed by atoms with E-state index in [1.54, 1.807) is 6.92 Å². The minimum Gasteiger partial charge on any atom is -0.466 e. The SMILES string of the molecule is CCOC(=O)CCC(=O)CSc1nnc(N(C)C)s1. The highest BCUT2D eigenvalue weighted by Crippen LogP contribution is 2.26. The fraction of sp³-hybridized carbons (Fsp3) is 0.636. The number of aromatic nitrogens is 2. The number of thioether (sulfide) groups is 1. The van der Waals surface area contributed by atoms with Gasteiger partial charge in [0.25, 0.3) is 0 Å². The third-order valence-electron chi connectivity index (χ3n) is 2.05. The van der Waals surface area contributed by atoms with Crippen molar-refractivity contribution >= 4 is 40.0 Å². The van der Waals surface area contributed by atoms with E-state index in [9.17, 15) is 9.59 Å². The summed E-state index contributed by atoms with van der Waals surface area (Å²) in [7, 11) is 3.78. The number of hydrogen-bond donors (Lipinski definition) is 0. The van der Waals surface area contributed by atoms with E-state index in [1.807, 2.05) is 19.0 Å². The van der Waals surface area contributed by atoms with Crippen LogP contribution in [0.3, 0.4) is 0 Å². The van der Waals surface area contributed by atoms with Crippen molar-refractivity contribution in [3.05, 3.63) is 0 Å². The molecule has 1 aromatic heterocycles. The smallest absolute Gasteiger partial charge is 0.306 e. The van der Waals surface area contributed by atoms with Gasteiger partial charge >= 0.3 is 5.97 Å². The molecular weight excluding hydrogens is 286 g/mol. The molecule has 0 aliphatic rings. The van der Waals surface area contributed by atoms with Crippen LogP contribution in [-0.2, 0) is 14.3 Å². The van der Waals surface area contributed by atoms with Gasteiger partial charge in [0, 0.05) is 20.5 Å². The monoisotopic (exact) mass is 303 g/mol. The van der Waals surface area contributed by atoms with Gasteiger partial charge in [-0.25, -0.2) is 0 Å². The molecule has 19 heavy (non-hydrogen) atoms. The first-order valence-corrected chi connectivity index (χ1v) is 7.64. The van der Waals surface area contributed by atoms with E-state index >= 15 is 0 Å². The summed E-state index contributed by atoms with van der Waals surface area (Å²) >= 11 is 2.79. The van der Waals surface area contributed by atoms with Crippen molar-refractivity contribution in [2.75, 3.05) is 31.4 Å². The highest BCUT2D eigenvalue weighted by Gasteiger charge is 2.11. The van der Waals surface area contributed by atoms with E-state index in [2.05, 4.69) is 10.2 Å². The maximum atomic E-state index is 11.6. The Morgan fingerprint density at radius 3 is 2.63 bits per heavy atom. The molecule has 8 heteroatoms. The number of anilines is 1. The zero-order valence-corrected chi connectivity index (χ0v) is 12.8. The molecule has 1 aromatic rings. The first-order valence-electron chi connectivity index (χ1n) is 5.84. The molecule has 0 radical (unpaired) electrons. The second-order valence-corrected chi connectivity index (χ2v) is 6.06. The summed E-state index contributed by atoms with van der Waals surface area (Å²) in [5.74, 6) is -0.00659. The van der Waals surface area contributed by atoms with E-state index in [-0.39, 0.29) is 24.6 Å². The highest BCUT2D eigenvalue weighted by atomic mass is 32.2. The Morgan fingerprint density at radius 1 is 1.32 bits per heavy atom. The first-order chi connectivity index (χ1) is 9.02. The van der Waals surface area contributed by atoms with Crippen LogP contribution in [0, 0.1) is 0 Å². The lowest BCUT2D eigenvalue weighted by Gasteiger charge is -2.03. The van der Waals surface area contributed by atoms with Crippen LogP contribution < -0.4 is 4.90 Å². The normalized spacial score (nSPS) is 10.3. The molecule has 1 rings (SSSR count). The first kappa shape index (κ1) is 15.9. The van der Waals surface area contributed by atoms with Crippen LogP contribution in [0.1, 0.15) is 19.8 Å². The molecule has 1 heterocycles. The molecule has 0 saturated heterocycles. The molecule has 0 spiro atoms. The Labute approximate surface area is 120 Å². The van der Waals surface area contributed by atoms with Crippen molar-refractivity contribution in [2.45, 2.75) is 24.1 Å². The molecule has 6 nitrogen and oxygen atoms in total. The molecular formula is C11H17N3O3S2. The van der Waals surface area contributed by atoms with Crippen molar-refractivity contribution < 1.29 is 14.3 Å². The predicted octanol–water partition coefficient (Wildman–Crippen LogP) is 1.61. The number of ketones is 1. The summed E-state index contributed by atoms with van der Waals surface area (Å²) in [5.41, 5.74) is 0. The Kier molecular flexibility index (Phi) is 6.79. The number of carbonyl (C=O) groups is 2. The maximum Gasteiger partial charge on any atom is 0.306 e. The van der Waals surface area contributed by atoms with E-state index < -0.39 is 0 Å². The molecule has 0 aliphatic heterocycles. The number of Topliss-reactive ketones (excluding diaryl/α,β-unsaturated/α-hetero) is 1. The molecule has 0 N–H and O–H groups in total. The lowest BCUT2D eigenvalue weighted by atomic mass is 10.2. The van der Waals surface area contributed by atoms with Crippen LogP contribution in [0.4, 0.5) is 5.13 Å². The van der Waals surface area contributed by atoms with Gasteiger partial charge in [-0.15, -0.1) is 10.2 Å². The highest BCUT2D eigenvalue weighted by molar-refractivity contribution is 8.01. The summed E-state index contributed by atoms with van der Waals surface area (Å²) in [4.78, 5) is 24.5. The molecule has 106 valence electrons. The van der Waals surface area contributed by atoms with Crippen molar-refractivity contribution in [3.8, 4) is 0 Å². The quantitative estimate of drug-likeness (QED) is 0.533. The number of rotatable bonds is 8. The molecule has 0 atom stereocenters. The van der Waals surface area contributed by atoms with Gasteiger partial charge in [0.2, 0.25) is 5.13 Å². The number of nitrogens with zero attached hydrogens (tertiary/aromatic N) is 3. The number of carbonyl (C=O) groups excluding carboxylic acids is 2. The van der Waals surface area contributed by atoms with Gasteiger partial charge in [0.1, 0.15) is 5.78 Å². The summed E-state index contributed by atoms with van der Waals surface area (Å²) in [6.45, 7) is 2.09. The summed E-state index contributed by atoms with van der Waals surface area (Å²) in [6.07, 6.45) is 0.359. The Bertz CT molecular complexity index is 435. The van der Waals surface area contributed by atoms with Crippen LogP contribution >= 0.6 is 23.1 Å². The van der Waals surface area contributed by atoms with Gasteiger partial charge < -0.3 is 9.64 Å². The molecule has 0 saturated carbocycles. The van der Waals surface area contributed by atoms with Gasteiger partial charge in [-0.2, -0.15) is 0 Å². The van der Waals surface area contributed by atoms with Gasteiger partial charge in [-0.1, -0.05) is 23.1 Å². The topological polar surface area (TPSA) is 72.4 Å². The van der Waals surface area contributed by atoms with Crippen LogP contribution in [0.2, 0.25) is 0 Å². The third kappa shape index (κ3) is 6.02. The van der Waals surface area contributed by atoms with Crippen molar-refractivity contribution in [1.29, 1.82) is 0 Å². The Morgan fingerprint density at radius 2 is 2.05 bits per heavy atom. The minimum absolute atomic E-state index is 0.0136. The zero-order valence-electron chi connectivity index (χ0n) is 11.2. The zero-order chi connectivity index (χ0) is 14.3. The molecule has 0 fully saturated rings. The summed E-state index contributed by atoms with van der Waals surface area (Å²) in [6, 6.07) is 0. The van der Waals surface area contributed by atoms with Crippen LogP contribution in [-0.4, -0.2) is 48.4 Å². The average Bonchev–Trinajstić information content (AvgIpc) is 2.83. The number of ether oxygens (including phenoxy) is 1. The average molecular weight is 303 g/mol. The second kappa shape index (κ2) is 8.11. The fourth-order valence-corrected chi connectivity index (χ4v) is 2.80. The standard InChI is InChI=1S/C11H17N3O3S2/c1-4-17-9(16)6-5-8(15)7-18-11-13-12-10(19-11)14(2)3/h4-7H2,1-3H3. The Balaban J connectivity index is 2.27. The second-order valence-electron chi connectivity index (χ2n) is 3.88. The summed E-state index contributed by atoms with van der Waals surface area (Å²) < 4.78 is 5.52. The van der Waals surface area contributed by atoms with Gasteiger partial charge in [-0.3, -0.25) is 9.59 Å². The van der Waals surface area contributed by atoms with E-state index in [4.69, 9.17) is 4.74 Å². The molecule has 0 bridgehead atoms. The lowest BCUT2D eigenvalue weighted by molar-refractivity contribution is -0.144. The molecule has 0 aliphatic carbocycles. The van der Waals surface area contributed by atoms with Gasteiger partial charge in [0.15, 0.2) is 4.34 Å². The fourth-order valence-electron chi connectivity index (χ4n) is 1.13. The third-order valence-corrected chi connectivity index (χ3v) is 4.33. The van der Waals surface area contributed by atoms with E-state index in [0.717, 1.165) is 9.47 Å². The van der Waals surface area contributed by atoms with Gasteiger partial charge in [-0.05, 0) is 6.92 Å². The van der Waals surface area contributed by atoms with Crippen molar-refractivity contribution in [1.82, 2.24) is 10.2 Å². The van der Waals surface area contributed by atoms with Crippen LogP contribution in [0.5, 0.6) is 0 Å². The minimum atomic E-state index is -0.327. The van der Waals surface area contributed by atoms with Crippen LogP contribution in [0.15, 0.2) is 4.34 Å². The molecule has 0 amide bonds. The largest absolute Gasteiger partial charge is 0.466 e. The number of esters is 1. The van der Waals surface area contributed by atoms with Gasteiger partial charge in [0.05, 0.1) is 18.8 Å². The summed E-state index contributed by atoms with van der Waals surface area (Å²) in [5, 5.41) is 8.77. The molecule has 0 aromatic carbocycles.